The first kappa shape index (κ1) is 16.2. The highest BCUT2D eigenvalue weighted by molar-refractivity contribution is 6.42. The molecule has 21 heavy (non-hydrogen) atoms. The van der Waals surface area contributed by atoms with Gasteiger partial charge in [0.1, 0.15) is 12.2 Å². The SMILES string of the molecule is Cn1cnnc1CN(CCCO)Cc1ccc(Cl)c(Cl)c1. The number of hydrogen-bond acceptors (Lipinski definition) is 4. The monoisotopic (exact) mass is 328 g/mol. The fraction of sp³-hybridized carbons (Fsp3) is 0.429. The minimum Gasteiger partial charge on any atom is -0.396 e. The van der Waals surface area contributed by atoms with Crippen molar-refractivity contribution in [3.05, 3.63) is 46.0 Å². The largest absolute Gasteiger partial charge is 0.396 e. The second-order valence-electron chi connectivity index (χ2n) is 4.89. The van der Waals surface area contributed by atoms with Crippen molar-refractivity contribution < 1.29 is 5.11 Å². The number of rotatable bonds is 7. The maximum atomic E-state index is 9.04. The lowest BCUT2D eigenvalue weighted by atomic mass is 10.2. The van der Waals surface area contributed by atoms with Gasteiger partial charge in [-0.2, -0.15) is 0 Å². The number of benzene rings is 1. The fourth-order valence-electron chi connectivity index (χ4n) is 2.05. The highest BCUT2D eigenvalue weighted by atomic mass is 35.5. The van der Waals surface area contributed by atoms with Crippen LogP contribution in [0.2, 0.25) is 10.0 Å². The highest BCUT2D eigenvalue weighted by Crippen LogP contribution is 2.23. The van der Waals surface area contributed by atoms with Gasteiger partial charge in [0.25, 0.3) is 0 Å². The van der Waals surface area contributed by atoms with E-state index in [0.717, 1.165) is 17.9 Å². The molecular weight excluding hydrogens is 311 g/mol. The molecule has 0 spiro atoms. The summed E-state index contributed by atoms with van der Waals surface area (Å²) in [4.78, 5) is 2.19. The maximum Gasteiger partial charge on any atom is 0.146 e. The molecular formula is C14H18Cl2N4O. The first-order chi connectivity index (χ1) is 10.1. The Morgan fingerprint density at radius 2 is 2.05 bits per heavy atom. The summed E-state index contributed by atoms with van der Waals surface area (Å²) in [7, 11) is 1.92. The molecule has 2 rings (SSSR count). The molecule has 0 radical (unpaired) electrons. The maximum absolute atomic E-state index is 9.04. The van der Waals surface area contributed by atoms with Gasteiger partial charge in [0, 0.05) is 26.7 Å². The Morgan fingerprint density at radius 3 is 2.67 bits per heavy atom. The van der Waals surface area contributed by atoms with Crippen molar-refractivity contribution in [3.63, 3.8) is 0 Å². The van der Waals surface area contributed by atoms with Gasteiger partial charge in [-0.05, 0) is 24.1 Å². The highest BCUT2D eigenvalue weighted by Gasteiger charge is 2.11. The zero-order chi connectivity index (χ0) is 15.2. The van der Waals surface area contributed by atoms with Gasteiger partial charge >= 0.3 is 0 Å². The van der Waals surface area contributed by atoms with Gasteiger partial charge in [0.15, 0.2) is 0 Å². The molecule has 0 aliphatic carbocycles. The summed E-state index contributed by atoms with van der Waals surface area (Å²) in [5.41, 5.74) is 1.07. The van der Waals surface area contributed by atoms with E-state index in [1.54, 1.807) is 12.4 Å². The molecule has 0 aliphatic rings. The lowest BCUT2D eigenvalue weighted by molar-refractivity contribution is 0.207. The standard InChI is InChI=1S/C14H18Cl2N4O/c1-19-10-17-18-14(19)9-20(5-2-6-21)8-11-3-4-12(15)13(16)7-11/h3-4,7,10,21H,2,5-6,8-9H2,1H3. The number of aryl methyl sites for hydroxylation is 1. The second-order valence-corrected chi connectivity index (χ2v) is 5.71. The number of hydrogen-bond donors (Lipinski definition) is 1. The smallest absolute Gasteiger partial charge is 0.146 e. The van der Waals surface area contributed by atoms with E-state index >= 15 is 0 Å². The minimum absolute atomic E-state index is 0.163. The Morgan fingerprint density at radius 1 is 1.24 bits per heavy atom. The van der Waals surface area contributed by atoms with E-state index in [9.17, 15) is 0 Å². The summed E-state index contributed by atoms with van der Waals surface area (Å²) in [5, 5.41) is 18.1. The predicted octanol–water partition coefficient (Wildman–Crippen LogP) is 2.51. The molecule has 0 saturated carbocycles. The molecule has 0 fully saturated rings. The quantitative estimate of drug-likeness (QED) is 0.848. The number of aromatic nitrogens is 3. The van der Waals surface area contributed by atoms with Gasteiger partial charge in [-0.25, -0.2) is 0 Å². The van der Waals surface area contributed by atoms with Crippen molar-refractivity contribution >= 4 is 23.2 Å². The van der Waals surface area contributed by atoms with E-state index in [-0.39, 0.29) is 6.61 Å². The van der Waals surface area contributed by atoms with Crippen molar-refractivity contribution in [1.82, 2.24) is 19.7 Å². The molecule has 0 saturated heterocycles. The van der Waals surface area contributed by atoms with Crippen molar-refractivity contribution in [2.45, 2.75) is 19.5 Å². The molecule has 5 nitrogen and oxygen atoms in total. The molecule has 1 heterocycles. The van der Waals surface area contributed by atoms with Crippen molar-refractivity contribution in [1.29, 1.82) is 0 Å². The Balaban J connectivity index is 2.08. The summed E-state index contributed by atoms with van der Waals surface area (Å²) in [5.74, 6) is 0.882. The number of nitrogens with zero attached hydrogens (tertiary/aromatic N) is 4. The van der Waals surface area contributed by atoms with E-state index in [4.69, 9.17) is 28.3 Å². The van der Waals surface area contributed by atoms with Gasteiger partial charge in [-0.1, -0.05) is 29.3 Å². The van der Waals surface area contributed by atoms with Crippen molar-refractivity contribution in [2.24, 2.45) is 7.05 Å². The van der Waals surface area contributed by atoms with Crippen LogP contribution in [-0.2, 0) is 20.1 Å². The van der Waals surface area contributed by atoms with Gasteiger partial charge in [0.2, 0.25) is 0 Å². The molecule has 0 aliphatic heterocycles. The molecule has 1 aromatic heterocycles. The van der Waals surface area contributed by atoms with Crippen LogP contribution < -0.4 is 0 Å². The Bertz CT molecular complexity index is 588. The predicted molar refractivity (Wildman–Crippen MR) is 83.3 cm³/mol. The van der Waals surface area contributed by atoms with E-state index in [2.05, 4.69) is 15.1 Å². The molecule has 0 amide bonds. The third kappa shape index (κ3) is 4.68. The number of halogens is 2. The van der Waals surface area contributed by atoms with Crippen LogP contribution in [0.5, 0.6) is 0 Å². The molecule has 2 aromatic rings. The lowest BCUT2D eigenvalue weighted by Gasteiger charge is -2.21. The van der Waals surface area contributed by atoms with E-state index in [1.807, 2.05) is 23.7 Å². The summed E-state index contributed by atoms with van der Waals surface area (Å²) in [6, 6.07) is 5.62. The van der Waals surface area contributed by atoms with E-state index in [1.165, 1.54) is 0 Å². The number of aliphatic hydroxyl groups is 1. The Labute approximate surface area is 134 Å². The van der Waals surface area contributed by atoms with Crippen LogP contribution >= 0.6 is 23.2 Å². The van der Waals surface area contributed by atoms with Crippen molar-refractivity contribution in [3.8, 4) is 0 Å². The lowest BCUT2D eigenvalue weighted by Crippen LogP contribution is -2.26. The van der Waals surface area contributed by atoms with Gasteiger partial charge in [-0.15, -0.1) is 10.2 Å². The second kappa shape index (κ2) is 7.75. The Kier molecular flexibility index (Phi) is 5.99. The first-order valence-electron chi connectivity index (χ1n) is 6.70. The molecule has 1 N–H and O–H groups in total. The molecule has 0 unspecified atom stereocenters. The zero-order valence-electron chi connectivity index (χ0n) is 11.8. The van der Waals surface area contributed by atoms with E-state index < -0.39 is 0 Å². The topological polar surface area (TPSA) is 54.2 Å². The minimum atomic E-state index is 0.163. The average Bonchev–Trinajstić information content (AvgIpc) is 2.85. The summed E-state index contributed by atoms with van der Waals surface area (Å²) < 4.78 is 1.89. The van der Waals surface area contributed by atoms with Crippen LogP contribution in [-0.4, -0.2) is 37.9 Å². The molecule has 114 valence electrons. The molecule has 7 heteroatoms. The first-order valence-corrected chi connectivity index (χ1v) is 7.45. The van der Waals surface area contributed by atoms with Crippen LogP contribution in [0.25, 0.3) is 0 Å². The fourth-order valence-corrected chi connectivity index (χ4v) is 2.38. The number of aliphatic hydroxyl groups excluding tert-OH is 1. The molecule has 0 atom stereocenters. The Hall–Kier alpha value is -1.14. The summed E-state index contributed by atoms with van der Waals surface area (Å²) in [6.45, 7) is 2.31. The molecule has 0 bridgehead atoms. The van der Waals surface area contributed by atoms with Crippen LogP contribution in [0.3, 0.4) is 0 Å². The van der Waals surface area contributed by atoms with E-state index in [0.29, 0.717) is 29.6 Å². The third-order valence-electron chi connectivity index (χ3n) is 3.19. The van der Waals surface area contributed by atoms with Gasteiger partial charge in [0.05, 0.1) is 16.6 Å². The van der Waals surface area contributed by atoms with Gasteiger partial charge in [-0.3, -0.25) is 4.90 Å². The van der Waals surface area contributed by atoms with Crippen LogP contribution in [0.1, 0.15) is 17.8 Å². The summed E-state index contributed by atoms with van der Waals surface area (Å²) in [6.07, 6.45) is 2.39. The van der Waals surface area contributed by atoms with Gasteiger partial charge < -0.3 is 9.67 Å². The average molecular weight is 329 g/mol. The third-order valence-corrected chi connectivity index (χ3v) is 3.93. The van der Waals surface area contributed by atoms with Crippen LogP contribution in [0.4, 0.5) is 0 Å². The van der Waals surface area contributed by atoms with Crippen molar-refractivity contribution in [2.75, 3.05) is 13.2 Å². The molecule has 1 aromatic carbocycles. The zero-order valence-corrected chi connectivity index (χ0v) is 13.3. The normalized spacial score (nSPS) is 11.3. The summed E-state index contributed by atoms with van der Waals surface area (Å²) >= 11 is 12.0. The van der Waals surface area contributed by atoms with Crippen LogP contribution in [0.15, 0.2) is 24.5 Å². The van der Waals surface area contributed by atoms with Crippen LogP contribution in [0, 0.1) is 0 Å².